The second-order valence-corrected chi connectivity index (χ2v) is 4.09. The molecule has 1 aromatic carbocycles. The van der Waals surface area contributed by atoms with Crippen LogP contribution in [-0.2, 0) is 9.57 Å². The molecule has 16 heavy (non-hydrogen) atoms. The lowest BCUT2D eigenvalue weighted by atomic mass is 9.97. The van der Waals surface area contributed by atoms with E-state index in [4.69, 9.17) is 9.57 Å². The van der Waals surface area contributed by atoms with Crippen LogP contribution in [0.1, 0.15) is 25.5 Å². The van der Waals surface area contributed by atoms with Crippen molar-refractivity contribution >= 4 is 0 Å². The van der Waals surface area contributed by atoms with Crippen LogP contribution in [0.4, 0.5) is 0 Å². The van der Waals surface area contributed by atoms with Crippen molar-refractivity contribution in [3.8, 4) is 0 Å². The largest absolute Gasteiger partial charge is 0.382 e. The predicted molar refractivity (Wildman–Crippen MR) is 65.0 cm³/mol. The van der Waals surface area contributed by atoms with Crippen LogP contribution in [0, 0.1) is 5.92 Å². The Morgan fingerprint density at radius 2 is 1.81 bits per heavy atom. The lowest BCUT2D eigenvalue weighted by Crippen LogP contribution is -2.27. The Morgan fingerprint density at radius 3 is 2.38 bits per heavy atom. The summed E-state index contributed by atoms with van der Waals surface area (Å²) in [7, 11) is 1.67. The van der Waals surface area contributed by atoms with Crippen LogP contribution < -0.4 is 5.48 Å². The number of hydrogen-bond donors (Lipinski definition) is 1. The Labute approximate surface area is 97.7 Å². The van der Waals surface area contributed by atoms with Crippen LogP contribution in [0.3, 0.4) is 0 Å². The van der Waals surface area contributed by atoms with Crippen LogP contribution in [0.25, 0.3) is 0 Å². The quantitative estimate of drug-likeness (QED) is 0.569. The summed E-state index contributed by atoms with van der Waals surface area (Å²) in [6.45, 7) is 5.51. The number of nitrogens with one attached hydrogen (secondary N) is 1. The van der Waals surface area contributed by atoms with E-state index in [1.54, 1.807) is 7.11 Å². The third kappa shape index (κ3) is 4.31. The van der Waals surface area contributed by atoms with Crippen molar-refractivity contribution in [3.63, 3.8) is 0 Å². The van der Waals surface area contributed by atoms with E-state index in [2.05, 4.69) is 31.5 Å². The molecule has 0 aliphatic rings. The van der Waals surface area contributed by atoms with E-state index >= 15 is 0 Å². The molecule has 0 saturated heterocycles. The zero-order chi connectivity index (χ0) is 11.8. The lowest BCUT2D eigenvalue weighted by Gasteiger charge is -2.22. The zero-order valence-electron chi connectivity index (χ0n) is 10.3. The Kier molecular flexibility index (Phi) is 6.08. The van der Waals surface area contributed by atoms with Crippen molar-refractivity contribution in [2.75, 3.05) is 20.3 Å². The first-order valence-electron chi connectivity index (χ1n) is 5.67. The van der Waals surface area contributed by atoms with Gasteiger partial charge in [-0.3, -0.25) is 4.84 Å². The third-order valence-electron chi connectivity index (χ3n) is 2.43. The summed E-state index contributed by atoms with van der Waals surface area (Å²) >= 11 is 0. The molecule has 0 spiro atoms. The fourth-order valence-corrected chi connectivity index (χ4v) is 1.52. The molecule has 0 fully saturated rings. The molecule has 0 bridgehead atoms. The number of hydrogen-bond acceptors (Lipinski definition) is 3. The van der Waals surface area contributed by atoms with Gasteiger partial charge in [0.2, 0.25) is 0 Å². The zero-order valence-corrected chi connectivity index (χ0v) is 10.3. The van der Waals surface area contributed by atoms with Crippen molar-refractivity contribution in [3.05, 3.63) is 35.9 Å². The first kappa shape index (κ1) is 13.2. The molecule has 0 aliphatic carbocycles. The van der Waals surface area contributed by atoms with Crippen LogP contribution in [-0.4, -0.2) is 20.3 Å². The molecule has 1 N–H and O–H groups in total. The fourth-order valence-electron chi connectivity index (χ4n) is 1.52. The summed E-state index contributed by atoms with van der Waals surface area (Å²) in [4.78, 5) is 5.38. The van der Waals surface area contributed by atoms with Gasteiger partial charge in [0.15, 0.2) is 0 Å². The van der Waals surface area contributed by atoms with Gasteiger partial charge >= 0.3 is 0 Å². The Balaban J connectivity index is 2.49. The highest BCUT2D eigenvalue weighted by atomic mass is 16.7. The van der Waals surface area contributed by atoms with Gasteiger partial charge in [-0.2, -0.15) is 5.48 Å². The molecule has 1 atom stereocenters. The van der Waals surface area contributed by atoms with Crippen LogP contribution in [0.2, 0.25) is 0 Å². The maximum absolute atomic E-state index is 5.38. The van der Waals surface area contributed by atoms with Gasteiger partial charge in [-0.1, -0.05) is 44.2 Å². The van der Waals surface area contributed by atoms with E-state index in [-0.39, 0.29) is 6.04 Å². The van der Waals surface area contributed by atoms with Crippen molar-refractivity contribution in [2.45, 2.75) is 19.9 Å². The number of ether oxygens (including phenoxy) is 1. The third-order valence-corrected chi connectivity index (χ3v) is 2.43. The molecule has 0 heterocycles. The van der Waals surface area contributed by atoms with Crippen LogP contribution >= 0.6 is 0 Å². The second kappa shape index (κ2) is 7.39. The Hall–Kier alpha value is -0.900. The van der Waals surface area contributed by atoms with E-state index in [0.717, 1.165) is 0 Å². The van der Waals surface area contributed by atoms with Crippen LogP contribution in [0.5, 0.6) is 0 Å². The Bertz CT molecular complexity index is 275. The summed E-state index contributed by atoms with van der Waals surface area (Å²) in [6, 6.07) is 10.5. The normalized spacial score (nSPS) is 13.0. The Morgan fingerprint density at radius 1 is 1.12 bits per heavy atom. The van der Waals surface area contributed by atoms with Gasteiger partial charge in [-0.15, -0.1) is 0 Å². The fraction of sp³-hybridized carbons (Fsp3) is 0.538. The standard InChI is InChI=1S/C13H21NO2/c1-11(2)13(14-16-10-9-15-3)12-7-5-4-6-8-12/h4-8,11,13-14H,9-10H2,1-3H3. The molecule has 0 saturated carbocycles. The van der Waals surface area contributed by atoms with Gasteiger partial charge in [-0.05, 0) is 11.5 Å². The lowest BCUT2D eigenvalue weighted by molar-refractivity contribution is -0.0208. The number of methoxy groups -OCH3 is 1. The molecule has 1 unspecified atom stereocenters. The molecule has 1 rings (SSSR count). The molecular weight excluding hydrogens is 202 g/mol. The van der Waals surface area contributed by atoms with Gasteiger partial charge in [0.05, 0.1) is 19.3 Å². The van der Waals surface area contributed by atoms with Gasteiger partial charge in [0, 0.05) is 7.11 Å². The number of benzene rings is 1. The summed E-state index contributed by atoms with van der Waals surface area (Å²) in [6.07, 6.45) is 0. The topological polar surface area (TPSA) is 30.5 Å². The smallest absolute Gasteiger partial charge is 0.0916 e. The molecule has 3 heteroatoms. The summed E-state index contributed by atoms with van der Waals surface area (Å²) in [5.74, 6) is 0.477. The molecule has 3 nitrogen and oxygen atoms in total. The van der Waals surface area contributed by atoms with Gasteiger partial charge in [0.1, 0.15) is 0 Å². The average molecular weight is 223 g/mol. The highest BCUT2D eigenvalue weighted by molar-refractivity contribution is 5.18. The minimum Gasteiger partial charge on any atom is -0.382 e. The van der Waals surface area contributed by atoms with Crippen molar-refractivity contribution in [2.24, 2.45) is 5.92 Å². The maximum Gasteiger partial charge on any atom is 0.0916 e. The van der Waals surface area contributed by atoms with Gasteiger partial charge < -0.3 is 4.74 Å². The highest BCUT2D eigenvalue weighted by Gasteiger charge is 2.14. The SMILES string of the molecule is COCCONC(c1ccccc1)C(C)C. The van der Waals surface area contributed by atoms with E-state index in [9.17, 15) is 0 Å². The average Bonchev–Trinajstić information content (AvgIpc) is 2.30. The highest BCUT2D eigenvalue weighted by Crippen LogP contribution is 2.20. The second-order valence-electron chi connectivity index (χ2n) is 4.09. The first-order valence-corrected chi connectivity index (χ1v) is 5.67. The van der Waals surface area contributed by atoms with Gasteiger partial charge in [0.25, 0.3) is 0 Å². The van der Waals surface area contributed by atoms with E-state index in [0.29, 0.717) is 19.1 Å². The molecule has 1 aromatic rings. The monoisotopic (exact) mass is 223 g/mol. The minimum absolute atomic E-state index is 0.220. The molecule has 0 aliphatic heterocycles. The van der Waals surface area contributed by atoms with E-state index in [1.807, 2.05) is 18.2 Å². The molecule has 0 amide bonds. The molecule has 0 aromatic heterocycles. The summed E-state index contributed by atoms with van der Waals surface area (Å²) < 4.78 is 4.92. The van der Waals surface area contributed by atoms with Gasteiger partial charge in [-0.25, -0.2) is 0 Å². The van der Waals surface area contributed by atoms with E-state index in [1.165, 1.54) is 5.56 Å². The van der Waals surface area contributed by atoms with Crippen molar-refractivity contribution < 1.29 is 9.57 Å². The molecule has 90 valence electrons. The predicted octanol–water partition coefficient (Wildman–Crippen LogP) is 2.55. The molecular formula is C13H21NO2. The number of hydroxylamine groups is 1. The van der Waals surface area contributed by atoms with Crippen LogP contribution in [0.15, 0.2) is 30.3 Å². The number of rotatable bonds is 7. The summed E-state index contributed by atoms with van der Waals surface area (Å²) in [5, 5.41) is 0. The van der Waals surface area contributed by atoms with Crippen molar-refractivity contribution in [1.29, 1.82) is 0 Å². The van der Waals surface area contributed by atoms with E-state index < -0.39 is 0 Å². The minimum atomic E-state index is 0.220. The first-order chi connectivity index (χ1) is 7.75. The van der Waals surface area contributed by atoms with Crippen molar-refractivity contribution in [1.82, 2.24) is 5.48 Å². The molecule has 0 radical (unpaired) electrons. The summed E-state index contributed by atoms with van der Waals surface area (Å²) in [5.41, 5.74) is 4.34. The maximum atomic E-state index is 5.38.